The van der Waals surface area contributed by atoms with Gasteiger partial charge in [0.1, 0.15) is 5.03 Å². The molecule has 0 aliphatic carbocycles. The molecule has 0 bridgehead atoms. The van der Waals surface area contributed by atoms with Crippen molar-refractivity contribution >= 4 is 17.6 Å². The Balaban J connectivity index is 1.99. The molecule has 0 amide bonds. The predicted octanol–water partition coefficient (Wildman–Crippen LogP) is 1.30. The molecule has 6 nitrogen and oxygen atoms in total. The van der Waals surface area contributed by atoms with E-state index in [0.717, 1.165) is 6.42 Å². The average molecular weight is 237 g/mol. The van der Waals surface area contributed by atoms with Crippen LogP contribution in [0.25, 0.3) is 0 Å². The lowest BCUT2D eigenvalue weighted by molar-refractivity contribution is 0.470. The Labute approximate surface area is 96.7 Å². The molecular formula is C9H11N5OS. The van der Waals surface area contributed by atoms with E-state index in [9.17, 15) is 0 Å². The first-order valence-electron chi connectivity index (χ1n) is 4.80. The molecule has 0 spiro atoms. The van der Waals surface area contributed by atoms with Gasteiger partial charge >= 0.3 is 0 Å². The minimum Gasteiger partial charge on any atom is -0.424 e. The second-order valence-corrected chi connectivity index (χ2v) is 3.94. The molecule has 0 atom stereocenters. The van der Waals surface area contributed by atoms with Crippen LogP contribution in [-0.4, -0.2) is 20.2 Å². The topological polar surface area (TPSA) is 90.7 Å². The maximum Gasteiger partial charge on any atom is 0.226 e. The molecule has 84 valence electrons. The summed E-state index contributed by atoms with van der Waals surface area (Å²) in [5, 5.41) is 8.46. The maximum atomic E-state index is 5.65. The molecule has 7 heteroatoms. The summed E-state index contributed by atoms with van der Waals surface area (Å²) >= 11 is 1.43. The lowest BCUT2D eigenvalue weighted by atomic mass is 10.5. The number of hydrogen-bond donors (Lipinski definition) is 1. The number of nitrogen functional groups attached to an aromatic ring is 1. The van der Waals surface area contributed by atoms with Gasteiger partial charge in [0.15, 0.2) is 5.82 Å². The second-order valence-electron chi connectivity index (χ2n) is 2.98. The Morgan fingerprint density at radius 3 is 2.69 bits per heavy atom. The molecule has 0 aliphatic rings. The van der Waals surface area contributed by atoms with Gasteiger partial charge < -0.3 is 10.2 Å². The van der Waals surface area contributed by atoms with Crippen molar-refractivity contribution in [1.29, 1.82) is 0 Å². The van der Waals surface area contributed by atoms with Crippen LogP contribution >= 0.6 is 11.8 Å². The number of aromatic nitrogens is 4. The third-order valence-electron chi connectivity index (χ3n) is 1.83. The summed E-state index contributed by atoms with van der Waals surface area (Å²) in [6, 6.07) is 0. The van der Waals surface area contributed by atoms with Crippen molar-refractivity contribution < 1.29 is 4.42 Å². The van der Waals surface area contributed by atoms with Crippen molar-refractivity contribution in [2.75, 3.05) is 5.73 Å². The van der Waals surface area contributed by atoms with Gasteiger partial charge in [-0.25, -0.2) is 9.97 Å². The highest BCUT2D eigenvalue weighted by molar-refractivity contribution is 7.98. The highest BCUT2D eigenvalue weighted by Gasteiger charge is 2.07. The van der Waals surface area contributed by atoms with E-state index < -0.39 is 0 Å². The van der Waals surface area contributed by atoms with E-state index in [0.29, 0.717) is 28.4 Å². The van der Waals surface area contributed by atoms with Gasteiger partial charge in [0.2, 0.25) is 11.8 Å². The van der Waals surface area contributed by atoms with Crippen LogP contribution in [0.3, 0.4) is 0 Å². The van der Waals surface area contributed by atoms with Crippen molar-refractivity contribution in [1.82, 2.24) is 20.2 Å². The summed E-state index contributed by atoms with van der Waals surface area (Å²) in [5.74, 6) is 2.19. The monoisotopic (exact) mass is 237 g/mol. The van der Waals surface area contributed by atoms with Gasteiger partial charge in [0.25, 0.3) is 0 Å². The molecule has 0 radical (unpaired) electrons. The first-order chi connectivity index (χ1) is 7.79. The first-order valence-corrected chi connectivity index (χ1v) is 5.78. The highest BCUT2D eigenvalue weighted by atomic mass is 32.2. The summed E-state index contributed by atoms with van der Waals surface area (Å²) in [6.07, 6.45) is 3.90. The van der Waals surface area contributed by atoms with Gasteiger partial charge in [-0.05, 0) is 0 Å². The summed E-state index contributed by atoms with van der Waals surface area (Å²) in [6.45, 7) is 1.96. The quantitative estimate of drug-likeness (QED) is 0.801. The molecule has 0 fully saturated rings. The third-order valence-corrected chi connectivity index (χ3v) is 2.81. The van der Waals surface area contributed by atoms with Crippen LogP contribution in [-0.2, 0) is 12.2 Å². The van der Waals surface area contributed by atoms with Crippen LogP contribution in [0.5, 0.6) is 0 Å². The average Bonchev–Trinajstić information content (AvgIpc) is 2.76. The van der Waals surface area contributed by atoms with Gasteiger partial charge in [-0.1, -0.05) is 18.7 Å². The Hall–Kier alpha value is -1.63. The molecule has 0 aliphatic heterocycles. The molecule has 0 saturated carbocycles. The number of rotatable bonds is 4. The van der Waals surface area contributed by atoms with Crippen molar-refractivity contribution in [3.63, 3.8) is 0 Å². The normalized spacial score (nSPS) is 10.6. The van der Waals surface area contributed by atoms with Crippen LogP contribution in [0.2, 0.25) is 0 Å². The lowest BCUT2D eigenvalue weighted by Gasteiger charge is -1.99. The smallest absolute Gasteiger partial charge is 0.226 e. The minimum atomic E-state index is 0.419. The molecule has 0 saturated heterocycles. The SMILES string of the molecule is CCc1nnc(CSc2nccnc2N)o1. The summed E-state index contributed by atoms with van der Waals surface area (Å²) in [7, 11) is 0. The lowest BCUT2D eigenvalue weighted by Crippen LogP contribution is -1.94. The number of hydrogen-bond acceptors (Lipinski definition) is 7. The van der Waals surface area contributed by atoms with Crippen molar-refractivity contribution in [2.24, 2.45) is 0 Å². The number of thioether (sulfide) groups is 1. The largest absolute Gasteiger partial charge is 0.424 e. The van der Waals surface area contributed by atoms with E-state index in [1.54, 1.807) is 12.4 Å². The fourth-order valence-corrected chi connectivity index (χ4v) is 1.78. The van der Waals surface area contributed by atoms with E-state index in [4.69, 9.17) is 10.2 Å². The Morgan fingerprint density at radius 2 is 2.00 bits per heavy atom. The predicted molar refractivity (Wildman–Crippen MR) is 59.7 cm³/mol. The van der Waals surface area contributed by atoms with Gasteiger partial charge in [0, 0.05) is 18.8 Å². The zero-order valence-corrected chi connectivity index (χ0v) is 9.57. The third kappa shape index (κ3) is 2.48. The molecule has 2 rings (SSSR count). The van der Waals surface area contributed by atoms with Gasteiger partial charge in [-0.3, -0.25) is 0 Å². The van der Waals surface area contributed by atoms with Crippen LogP contribution < -0.4 is 5.73 Å². The summed E-state index contributed by atoms with van der Waals surface area (Å²) in [4.78, 5) is 8.05. The van der Waals surface area contributed by atoms with Gasteiger partial charge in [-0.15, -0.1) is 10.2 Å². The maximum absolute atomic E-state index is 5.65. The van der Waals surface area contributed by atoms with Crippen LogP contribution in [0.1, 0.15) is 18.7 Å². The zero-order chi connectivity index (χ0) is 11.4. The number of nitrogens with two attached hydrogens (primary N) is 1. The van der Waals surface area contributed by atoms with E-state index in [-0.39, 0.29) is 0 Å². The van der Waals surface area contributed by atoms with Crippen LogP contribution in [0, 0.1) is 0 Å². The molecule has 2 aromatic heterocycles. The van der Waals surface area contributed by atoms with E-state index in [1.165, 1.54) is 11.8 Å². The fraction of sp³-hybridized carbons (Fsp3) is 0.333. The number of anilines is 1. The molecule has 2 heterocycles. The van der Waals surface area contributed by atoms with Crippen LogP contribution in [0.4, 0.5) is 5.82 Å². The molecule has 2 aromatic rings. The second kappa shape index (κ2) is 4.93. The molecular weight excluding hydrogens is 226 g/mol. The van der Waals surface area contributed by atoms with Crippen molar-refractivity contribution in [2.45, 2.75) is 24.1 Å². The molecule has 0 aromatic carbocycles. The summed E-state index contributed by atoms with van der Waals surface area (Å²) < 4.78 is 5.36. The first kappa shape index (κ1) is 10.9. The summed E-state index contributed by atoms with van der Waals surface area (Å²) in [5.41, 5.74) is 5.65. The molecule has 16 heavy (non-hydrogen) atoms. The Bertz CT molecular complexity index is 472. The molecule has 0 unspecified atom stereocenters. The van der Waals surface area contributed by atoms with Gasteiger partial charge in [0.05, 0.1) is 5.75 Å². The standard InChI is InChI=1S/C9H11N5OS/c1-2-6-13-14-7(15-6)5-16-9-8(10)11-3-4-12-9/h3-4H,2,5H2,1H3,(H2,10,11). The van der Waals surface area contributed by atoms with Gasteiger partial charge in [-0.2, -0.15) is 0 Å². The highest BCUT2D eigenvalue weighted by Crippen LogP contribution is 2.23. The molecule has 2 N–H and O–H groups in total. The van der Waals surface area contributed by atoms with E-state index in [2.05, 4.69) is 20.2 Å². The van der Waals surface area contributed by atoms with E-state index >= 15 is 0 Å². The van der Waals surface area contributed by atoms with Crippen molar-refractivity contribution in [3.8, 4) is 0 Å². The van der Waals surface area contributed by atoms with Crippen LogP contribution in [0.15, 0.2) is 21.8 Å². The zero-order valence-electron chi connectivity index (χ0n) is 8.75. The minimum absolute atomic E-state index is 0.419. The Kier molecular flexibility index (Phi) is 3.35. The van der Waals surface area contributed by atoms with Crippen molar-refractivity contribution in [3.05, 3.63) is 24.2 Å². The van der Waals surface area contributed by atoms with E-state index in [1.807, 2.05) is 6.92 Å². The number of aryl methyl sites for hydroxylation is 1. The number of nitrogens with zero attached hydrogens (tertiary/aromatic N) is 4. The Morgan fingerprint density at radius 1 is 1.25 bits per heavy atom. The fourth-order valence-electron chi connectivity index (χ4n) is 1.07.